The lowest BCUT2D eigenvalue weighted by Gasteiger charge is -2.57. The van der Waals surface area contributed by atoms with Crippen molar-refractivity contribution < 1.29 is 4.39 Å². The monoisotopic (exact) mass is 239 g/mol. The van der Waals surface area contributed by atoms with Crippen molar-refractivity contribution in [3.8, 4) is 0 Å². The summed E-state index contributed by atoms with van der Waals surface area (Å²) < 4.78 is 13.8. The Morgan fingerprint density at radius 2 is 2.06 bits per heavy atom. The zero-order chi connectivity index (χ0) is 12.2. The lowest BCUT2D eigenvalue weighted by atomic mass is 9.62. The Hall–Kier alpha value is -1.59. The fraction of sp³-hybridized carbons (Fsp3) is 0.636. The Balaban J connectivity index is 1.80. The van der Waals surface area contributed by atoms with Crippen LogP contribution in [0.1, 0.15) is 12.8 Å². The highest BCUT2D eigenvalue weighted by molar-refractivity contribution is 5.42. The van der Waals surface area contributed by atoms with Gasteiger partial charge in [-0.15, -0.1) is 0 Å². The highest BCUT2D eigenvalue weighted by Gasteiger charge is 2.53. The molecule has 1 aliphatic heterocycles. The summed E-state index contributed by atoms with van der Waals surface area (Å²) in [7, 11) is 1.43. The van der Waals surface area contributed by atoms with Crippen molar-refractivity contribution in [2.24, 2.45) is 12.5 Å². The number of anilines is 1. The summed E-state index contributed by atoms with van der Waals surface area (Å²) in [5.74, 6) is 0.547. The number of H-pyrrole nitrogens is 1. The number of aromatic nitrogens is 2. The zero-order valence-electron chi connectivity index (χ0n) is 9.57. The summed E-state index contributed by atoms with van der Waals surface area (Å²) in [5, 5.41) is 0. The first-order valence-corrected chi connectivity index (χ1v) is 5.69. The van der Waals surface area contributed by atoms with Crippen LogP contribution in [0.5, 0.6) is 0 Å². The number of alkyl halides is 1. The Bertz CT molecular complexity index is 532. The van der Waals surface area contributed by atoms with E-state index < -0.39 is 11.9 Å². The van der Waals surface area contributed by atoms with E-state index in [1.54, 1.807) is 0 Å². The van der Waals surface area contributed by atoms with Gasteiger partial charge in [0.15, 0.2) is 0 Å². The van der Waals surface area contributed by atoms with Gasteiger partial charge in [-0.3, -0.25) is 14.3 Å². The van der Waals surface area contributed by atoms with Crippen molar-refractivity contribution in [1.82, 2.24) is 9.55 Å². The topological polar surface area (TPSA) is 58.1 Å². The second-order valence-corrected chi connectivity index (χ2v) is 5.22. The van der Waals surface area contributed by atoms with Gasteiger partial charge in [0.1, 0.15) is 12.0 Å². The molecule has 1 N–H and O–H groups in total. The van der Waals surface area contributed by atoms with Gasteiger partial charge < -0.3 is 4.90 Å². The van der Waals surface area contributed by atoms with Gasteiger partial charge in [0.25, 0.3) is 5.56 Å². The average Bonchev–Trinajstić information content (AvgIpc) is 2.17. The van der Waals surface area contributed by atoms with Gasteiger partial charge in [-0.1, -0.05) is 0 Å². The van der Waals surface area contributed by atoms with Crippen LogP contribution in [0, 0.1) is 5.41 Å². The predicted molar refractivity (Wildman–Crippen MR) is 61.1 cm³/mol. The third kappa shape index (κ3) is 1.50. The lowest BCUT2D eigenvalue weighted by molar-refractivity contribution is 0.000384. The van der Waals surface area contributed by atoms with Crippen LogP contribution in [0.2, 0.25) is 0 Å². The molecule has 3 rings (SSSR count). The fourth-order valence-electron chi connectivity index (χ4n) is 2.79. The minimum absolute atomic E-state index is 0.0946. The van der Waals surface area contributed by atoms with E-state index in [0.29, 0.717) is 18.7 Å². The first-order valence-electron chi connectivity index (χ1n) is 5.69. The molecule has 1 saturated heterocycles. The second kappa shape index (κ2) is 3.21. The number of halogens is 1. The molecule has 17 heavy (non-hydrogen) atoms. The molecule has 1 aromatic rings. The summed E-state index contributed by atoms with van der Waals surface area (Å²) in [6, 6.07) is 1.42. The maximum atomic E-state index is 12.8. The van der Waals surface area contributed by atoms with E-state index in [9.17, 15) is 14.0 Å². The number of nitrogens with zero attached hydrogens (tertiary/aromatic N) is 2. The minimum atomic E-state index is -0.667. The predicted octanol–water partition coefficient (Wildman–Crippen LogP) is 0.0119. The largest absolute Gasteiger partial charge is 0.357 e. The van der Waals surface area contributed by atoms with Crippen LogP contribution in [0.25, 0.3) is 0 Å². The van der Waals surface area contributed by atoms with E-state index in [-0.39, 0.29) is 11.0 Å². The highest BCUT2D eigenvalue weighted by atomic mass is 19.1. The third-order valence-electron chi connectivity index (χ3n) is 3.83. The van der Waals surface area contributed by atoms with Crippen molar-refractivity contribution in [3.05, 3.63) is 26.9 Å². The van der Waals surface area contributed by atoms with E-state index in [0.717, 1.165) is 17.7 Å². The first-order chi connectivity index (χ1) is 7.99. The normalized spacial score (nSPS) is 22.4. The van der Waals surface area contributed by atoms with Crippen molar-refractivity contribution in [1.29, 1.82) is 0 Å². The summed E-state index contributed by atoms with van der Waals surface area (Å²) in [6.07, 6.45) is 0.553. The third-order valence-corrected chi connectivity index (χ3v) is 3.83. The summed E-state index contributed by atoms with van der Waals surface area (Å²) >= 11 is 0. The standard InChI is InChI=1S/C11H14FN3O2/c1-14-9(16)2-8(13-10(14)17)15-5-11(6-15)3-7(12)4-11/h2,7H,3-6H2,1H3,(H,13,17). The SMILES string of the molecule is Cn1c(=O)cc(N2CC3(CC(F)C3)C2)[nH]c1=O. The zero-order valence-corrected chi connectivity index (χ0v) is 9.57. The molecule has 2 fully saturated rings. The summed E-state index contributed by atoms with van der Waals surface area (Å²) in [5.41, 5.74) is -0.635. The molecule has 2 heterocycles. The fourth-order valence-corrected chi connectivity index (χ4v) is 2.79. The molecular weight excluding hydrogens is 225 g/mol. The van der Waals surface area contributed by atoms with E-state index in [1.165, 1.54) is 13.1 Å². The van der Waals surface area contributed by atoms with Gasteiger partial charge in [0.2, 0.25) is 0 Å². The first kappa shape index (κ1) is 10.6. The lowest BCUT2D eigenvalue weighted by Crippen LogP contribution is -2.63. The van der Waals surface area contributed by atoms with Crippen LogP contribution in [0.15, 0.2) is 15.7 Å². The van der Waals surface area contributed by atoms with Gasteiger partial charge in [0.05, 0.1) is 0 Å². The van der Waals surface area contributed by atoms with Crippen LogP contribution in [-0.4, -0.2) is 28.8 Å². The smallest absolute Gasteiger partial charge is 0.329 e. The molecule has 0 aromatic carbocycles. The number of rotatable bonds is 1. The molecule has 1 spiro atoms. The molecule has 6 heteroatoms. The quantitative estimate of drug-likeness (QED) is 0.751. The van der Waals surface area contributed by atoms with Gasteiger partial charge in [0, 0.05) is 31.6 Å². The molecule has 1 aliphatic carbocycles. The Morgan fingerprint density at radius 1 is 1.41 bits per heavy atom. The number of hydrogen-bond donors (Lipinski definition) is 1. The van der Waals surface area contributed by atoms with E-state index in [1.807, 2.05) is 4.90 Å². The van der Waals surface area contributed by atoms with Gasteiger partial charge in [-0.25, -0.2) is 9.18 Å². The molecule has 0 amide bonds. The van der Waals surface area contributed by atoms with Crippen molar-refractivity contribution >= 4 is 5.82 Å². The Morgan fingerprint density at radius 3 is 2.59 bits per heavy atom. The Kier molecular flexibility index (Phi) is 1.99. The van der Waals surface area contributed by atoms with Crippen molar-refractivity contribution in [3.63, 3.8) is 0 Å². The average molecular weight is 239 g/mol. The number of nitrogens with one attached hydrogen (secondary N) is 1. The molecule has 2 aliphatic rings. The van der Waals surface area contributed by atoms with Crippen molar-refractivity contribution in [2.75, 3.05) is 18.0 Å². The van der Waals surface area contributed by atoms with Crippen LogP contribution in [-0.2, 0) is 7.05 Å². The van der Waals surface area contributed by atoms with Gasteiger partial charge in [-0.05, 0) is 12.8 Å². The maximum absolute atomic E-state index is 12.8. The number of hydrogen-bond acceptors (Lipinski definition) is 3. The maximum Gasteiger partial charge on any atom is 0.329 e. The van der Waals surface area contributed by atoms with E-state index >= 15 is 0 Å². The molecule has 92 valence electrons. The molecule has 0 radical (unpaired) electrons. The van der Waals surface area contributed by atoms with E-state index in [2.05, 4.69) is 4.98 Å². The molecule has 0 bridgehead atoms. The van der Waals surface area contributed by atoms with Crippen LogP contribution < -0.4 is 16.1 Å². The molecule has 1 saturated carbocycles. The van der Waals surface area contributed by atoms with Crippen LogP contribution >= 0.6 is 0 Å². The van der Waals surface area contributed by atoms with Gasteiger partial charge in [-0.2, -0.15) is 0 Å². The second-order valence-electron chi connectivity index (χ2n) is 5.22. The van der Waals surface area contributed by atoms with Gasteiger partial charge >= 0.3 is 5.69 Å². The summed E-state index contributed by atoms with van der Waals surface area (Å²) in [6.45, 7) is 1.47. The highest BCUT2D eigenvalue weighted by Crippen LogP contribution is 2.50. The molecule has 1 aromatic heterocycles. The van der Waals surface area contributed by atoms with E-state index in [4.69, 9.17) is 0 Å². The molecule has 0 unspecified atom stereocenters. The van der Waals surface area contributed by atoms with Crippen LogP contribution in [0.3, 0.4) is 0 Å². The molecule has 0 atom stereocenters. The molecule has 5 nitrogen and oxygen atoms in total. The van der Waals surface area contributed by atoms with Crippen molar-refractivity contribution in [2.45, 2.75) is 19.0 Å². The van der Waals surface area contributed by atoms with Crippen LogP contribution in [0.4, 0.5) is 10.2 Å². The molecular formula is C11H14FN3O2. The Labute approximate surface area is 96.9 Å². The minimum Gasteiger partial charge on any atom is -0.357 e. The number of aromatic amines is 1. The summed E-state index contributed by atoms with van der Waals surface area (Å²) in [4.78, 5) is 27.5.